The third-order valence-electron chi connectivity index (χ3n) is 3.80. The predicted molar refractivity (Wildman–Crippen MR) is 99.0 cm³/mol. The summed E-state index contributed by atoms with van der Waals surface area (Å²) >= 11 is 1.52. The van der Waals surface area contributed by atoms with Crippen LogP contribution in [-0.4, -0.2) is 28.0 Å². The fraction of sp³-hybridized carbons (Fsp3) is 0.444. The second-order valence-electron chi connectivity index (χ2n) is 6.01. The minimum Gasteiger partial charge on any atom is -0.497 e. The number of carbonyl (C=O) groups is 1. The van der Waals surface area contributed by atoms with E-state index in [4.69, 9.17) is 4.74 Å². The van der Waals surface area contributed by atoms with E-state index < -0.39 is 0 Å². The smallest absolute Gasteiger partial charge is 0.237 e. The van der Waals surface area contributed by atoms with Crippen LogP contribution >= 0.6 is 11.8 Å². The molecule has 0 saturated heterocycles. The van der Waals surface area contributed by atoms with Gasteiger partial charge in [-0.25, -0.2) is 0 Å². The second kappa shape index (κ2) is 7.75. The first-order chi connectivity index (χ1) is 11.3. The molecular weight excluding hydrogens is 322 g/mol. The number of rotatable bonds is 6. The number of carbonyl (C=O) groups excluding carboxylic acids is 1. The average Bonchev–Trinajstić information content (AvgIpc) is 2.83. The fourth-order valence-electron chi connectivity index (χ4n) is 2.48. The Kier molecular flexibility index (Phi) is 5.94. The van der Waals surface area contributed by atoms with Crippen LogP contribution in [-0.2, 0) is 4.79 Å². The first-order valence-electron chi connectivity index (χ1n) is 8.00. The van der Waals surface area contributed by atoms with Crippen LogP contribution in [0, 0.1) is 13.8 Å². The number of nitrogens with one attached hydrogen (secondary N) is 1. The zero-order valence-electron chi connectivity index (χ0n) is 15.1. The molecule has 0 aliphatic heterocycles. The maximum absolute atomic E-state index is 12.5. The van der Waals surface area contributed by atoms with E-state index in [1.807, 2.05) is 49.7 Å². The predicted octanol–water partition coefficient (Wildman–Crippen LogP) is 4.21. The first kappa shape index (κ1) is 18.4. The Morgan fingerprint density at radius 3 is 2.33 bits per heavy atom. The summed E-state index contributed by atoms with van der Waals surface area (Å²) in [5.41, 5.74) is 2.64. The molecule has 1 aromatic carbocycles. The van der Waals surface area contributed by atoms with Crippen molar-refractivity contribution >= 4 is 23.4 Å². The van der Waals surface area contributed by atoms with Crippen molar-refractivity contribution in [2.45, 2.75) is 50.8 Å². The molecule has 0 spiro atoms. The highest BCUT2D eigenvalue weighted by Crippen LogP contribution is 2.28. The van der Waals surface area contributed by atoms with Crippen molar-refractivity contribution in [3.63, 3.8) is 0 Å². The van der Waals surface area contributed by atoms with Gasteiger partial charge in [-0.05, 0) is 58.9 Å². The van der Waals surface area contributed by atoms with E-state index >= 15 is 0 Å². The summed E-state index contributed by atoms with van der Waals surface area (Å²) in [4.78, 5) is 13.6. The van der Waals surface area contributed by atoms with Crippen LogP contribution in [0.15, 0.2) is 29.2 Å². The van der Waals surface area contributed by atoms with Crippen LogP contribution in [0.4, 0.5) is 5.69 Å². The van der Waals surface area contributed by atoms with Gasteiger partial charge in [0.2, 0.25) is 5.91 Å². The zero-order valence-corrected chi connectivity index (χ0v) is 15.9. The number of ether oxygens (including phenoxy) is 1. The Morgan fingerprint density at radius 2 is 1.83 bits per heavy atom. The van der Waals surface area contributed by atoms with Gasteiger partial charge in [0, 0.05) is 10.9 Å². The Labute approximate surface area is 147 Å². The van der Waals surface area contributed by atoms with Gasteiger partial charge in [-0.1, -0.05) is 0 Å². The van der Waals surface area contributed by atoms with Gasteiger partial charge in [-0.2, -0.15) is 5.10 Å². The molecule has 1 N–H and O–H groups in total. The second-order valence-corrected chi connectivity index (χ2v) is 7.42. The van der Waals surface area contributed by atoms with Crippen LogP contribution in [0.3, 0.4) is 0 Å². The molecule has 6 heteroatoms. The number of benzene rings is 1. The summed E-state index contributed by atoms with van der Waals surface area (Å²) in [6.07, 6.45) is 0. The summed E-state index contributed by atoms with van der Waals surface area (Å²) in [5, 5.41) is 7.33. The standard InChI is InChI=1S/C18H25N3O2S/c1-11(2)21-13(4)17(12(3)20-21)19-18(22)14(5)24-16-9-7-15(23-6)8-10-16/h7-11,14H,1-6H3,(H,19,22)/t14-/m0/s1. The van der Waals surface area contributed by atoms with E-state index in [0.717, 1.165) is 27.7 Å². The number of hydrogen-bond acceptors (Lipinski definition) is 4. The van der Waals surface area contributed by atoms with Crippen LogP contribution in [0.1, 0.15) is 38.2 Å². The summed E-state index contributed by atoms with van der Waals surface area (Å²) in [7, 11) is 1.64. The number of amides is 1. The van der Waals surface area contributed by atoms with E-state index in [1.165, 1.54) is 11.8 Å². The number of thioether (sulfide) groups is 1. The minimum atomic E-state index is -0.209. The van der Waals surface area contributed by atoms with E-state index in [1.54, 1.807) is 7.11 Å². The quantitative estimate of drug-likeness (QED) is 0.795. The topological polar surface area (TPSA) is 56.1 Å². The van der Waals surface area contributed by atoms with Crippen molar-refractivity contribution in [2.24, 2.45) is 0 Å². The molecule has 2 aromatic rings. The van der Waals surface area contributed by atoms with Crippen LogP contribution < -0.4 is 10.1 Å². The molecule has 0 fully saturated rings. The van der Waals surface area contributed by atoms with Crippen LogP contribution in [0.2, 0.25) is 0 Å². The maximum Gasteiger partial charge on any atom is 0.237 e. The van der Waals surface area contributed by atoms with Crippen LogP contribution in [0.5, 0.6) is 5.75 Å². The molecule has 1 heterocycles. The molecule has 130 valence electrons. The molecule has 1 aromatic heterocycles. The summed E-state index contributed by atoms with van der Waals surface area (Å²) in [6, 6.07) is 7.98. The van der Waals surface area contributed by atoms with Gasteiger partial charge in [0.1, 0.15) is 5.75 Å². The SMILES string of the molecule is COc1ccc(S[C@@H](C)C(=O)Nc2c(C)nn(C(C)C)c2C)cc1. The Balaban J connectivity index is 2.06. The van der Waals surface area contributed by atoms with E-state index in [9.17, 15) is 4.79 Å². The van der Waals surface area contributed by atoms with Crippen molar-refractivity contribution in [3.8, 4) is 5.75 Å². The van der Waals surface area contributed by atoms with Crippen molar-refractivity contribution in [2.75, 3.05) is 12.4 Å². The van der Waals surface area contributed by atoms with Gasteiger partial charge in [-0.3, -0.25) is 9.48 Å². The molecule has 2 rings (SSSR count). The third kappa shape index (κ3) is 4.12. The summed E-state index contributed by atoms with van der Waals surface area (Å²) in [5.74, 6) is 0.786. The molecule has 5 nitrogen and oxygen atoms in total. The maximum atomic E-state index is 12.5. The molecular formula is C18H25N3O2S. The van der Waals surface area contributed by atoms with Crippen molar-refractivity contribution < 1.29 is 9.53 Å². The number of aryl methyl sites for hydroxylation is 1. The lowest BCUT2D eigenvalue weighted by Gasteiger charge is -2.13. The lowest BCUT2D eigenvalue weighted by Crippen LogP contribution is -2.23. The molecule has 0 unspecified atom stereocenters. The lowest BCUT2D eigenvalue weighted by molar-refractivity contribution is -0.115. The van der Waals surface area contributed by atoms with Gasteiger partial charge in [0.15, 0.2) is 0 Å². The monoisotopic (exact) mass is 347 g/mol. The largest absolute Gasteiger partial charge is 0.497 e. The van der Waals surface area contributed by atoms with Gasteiger partial charge >= 0.3 is 0 Å². The normalized spacial score (nSPS) is 12.3. The van der Waals surface area contributed by atoms with E-state index in [0.29, 0.717) is 0 Å². The van der Waals surface area contributed by atoms with Crippen molar-refractivity contribution in [1.82, 2.24) is 9.78 Å². The van der Waals surface area contributed by atoms with Crippen molar-refractivity contribution in [3.05, 3.63) is 35.7 Å². The number of methoxy groups -OCH3 is 1. The highest BCUT2D eigenvalue weighted by molar-refractivity contribution is 8.00. The number of nitrogens with zero attached hydrogens (tertiary/aromatic N) is 2. The van der Waals surface area contributed by atoms with Gasteiger partial charge in [0.05, 0.1) is 29.4 Å². The number of anilines is 1. The lowest BCUT2D eigenvalue weighted by atomic mass is 10.3. The highest BCUT2D eigenvalue weighted by Gasteiger charge is 2.20. The van der Waals surface area contributed by atoms with Gasteiger partial charge in [0.25, 0.3) is 0 Å². The average molecular weight is 347 g/mol. The third-order valence-corrected chi connectivity index (χ3v) is 4.92. The molecule has 0 saturated carbocycles. The van der Waals surface area contributed by atoms with E-state index in [-0.39, 0.29) is 17.2 Å². The Morgan fingerprint density at radius 1 is 1.21 bits per heavy atom. The summed E-state index contributed by atoms with van der Waals surface area (Å²) in [6.45, 7) is 9.96. The van der Waals surface area contributed by atoms with Crippen molar-refractivity contribution in [1.29, 1.82) is 0 Å². The van der Waals surface area contributed by atoms with Gasteiger partial charge < -0.3 is 10.1 Å². The van der Waals surface area contributed by atoms with E-state index in [2.05, 4.69) is 24.3 Å². The first-order valence-corrected chi connectivity index (χ1v) is 8.88. The number of aromatic nitrogens is 2. The summed E-state index contributed by atoms with van der Waals surface area (Å²) < 4.78 is 7.09. The molecule has 1 atom stereocenters. The Hall–Kier alpha value is -1.95. The number of hydrogen-bond donors (Lipinski definition) is 1. The van der Waals surface area contributed by atoms with Crippen LogP contribution in [0.25, 0.3) is 0 Å². The molecule has 24 heavy (non-hydrogen) atoms. The molecule has 0 aliphatic carbocycles. The Bertz CT molecular complexity index is 708. The fourth-order valence-corrected chi connectivity index (χ4v) is 3.35. The molecule has 1 amide bonds. The molecule has 0 aliphatic rings. The highest BCUT2D eigenvalue weighted by atomic mass is 32.2. The minimum absolute atomic E-state index is 0.0228. The van der Waals surface area contributed by atoms with Gasteiger partial charge in [-0.15, -0.1) is 11.8 Å². The zero-order chi connectivity index (χ0) is 17.9. The molecule has 0 bridgehead atoms. The molecule has 0 radical (unpaired) electrons.